The molecule has 0 saturated heterocycles. The SMILES string of the molecule is CC(C)(C)c1cc(-c2cccc3cccc(-c4ccccc4N(c4ccc(-c5cccc6ccccc56)cc4)c4ccccc4-c4cccc5oc6ccccc6c45)c23)cc(C(C)(C)C)c1. The first kappa shape index (κ1) is 41.1. The summed E-state index contributed by atoms with van der Waals surface area (Å²) in [4.78, 5) is 2.47. The fourth-order valence-electron chi connectivity index (χ4n) is 9.92. The minimum atomic E-state index is -0.0137. The maximum absolute atomic E-state index is 6.47. The van der Waals surface area contributed by atoms with E-state index < -0.39 is 0 Å². The van der Waals surface area contributed by atoms with Crippen LogP contribution in [0, 0.1) is 0 Å². The van der Waals surface area contributed by atoms with Gasteiger partial charge in [-0.1, -0.05) is 217 Å². The lowest BCUT2D eigenvalue weighted by atomic mass is 9.78. The Kier molecular flexibility index (Phi) is 10.0. The molecule has 1 aromatic heterocycles. The number of hydrogen-bond donors (Lipinski definition) is 0. The van der Waals surface area contributed by atoms with Crippen molar-refractivity contribution in [3.8, 4) is 44.5 Å². The van der Waals surface area contributed by atoms with Gasteiger partial charge in [0.2, 0.25) is 0 Å². The standard InChI is InChI=1S/C64H53NO/c1-63(2,3)46-39-45(40-47(41-46)64(4,5)6)51-28-16-21-44-22-17-29-54(61(44)51)52-24-9-12-31-57(52)65(48-37-35-43(36-38-48)50-27-15-20-42-19-7-8-23-49(42)50)58-32-13-10-25-53(58)55-30-18-34-60-62(55)56-26-11-14-33-59(56)66-60/h7-41H,1-6H3. The van der Waals surface area contributed by atoms with Gasteiger partial charge in [0, 0.05) is 27.6 Å². The third-order valence-corrected chi connectivity index (χ3v) is 13.4. The molecule has 11 rings (SSSR count). The van der Waals surface area contributed by atoms with Crippen LogP contribution >= 0.6 is 0 Å². The highest BCUT2D eigenvalue weighted by Gasteiger charge is 2.25. The van der Waals surface area contributed by atoms with Gasteiger partial charge in [-0.15, -0.1) is 0 Å². The molecule has 0 aliphatic rings. The van der Waals surface area contributed by atoms with E-state index in [4.69, 9.17) is 4.42 Å². The molecule has 0 spiro atoms. The van der Waals surface area contributed by atoms with Crippen molar-refractivity contribution in [2.75, 3.05) is 4.90 Å². The van der Waals surface area contributed by atoms with Crippen LogP contribution < -0.4 is 4.90 Å². The maximum atomic E-state index is 6.47. The molecular formula is C64H53NO. The predicted octanol–water partition coefficient (Wildman–Crippen LogP) is 18.6. The first-order valence-corrected chi connectivity index (χ1v) is 23.2. The van der Waals surface area contributed by atoms with Gasteiger partial charge in [-0.25, -0.2) is 0 Å². The van der Waals surface area contributed by atoms with Crippen LogP contribution in [-0.4, -0.2) is 0 Å². The summed E-state index contributed by atoms with van der Waals surface area (Å²) in [6, 6.07) is 77.9. The molecule has 0 amide bonds. The first-order chi connectivity index (χ1) is 32.0. The van der Waals surface area contributed by atoms with Crippen LogP contribution in [0.15, 0.2) is 217 Å². The fourth-order valence-corrected chi connectivity index (χ4v) is 9.92. The second kappa shape index (κ2) is 16.1. The Morgan fingerprint density at radius 2 is 0.803 bits per heavy atom. The van der Waals surface area contributed by atoms with Gasteiger partial charge in [-0.3, -0.25) is 0 Å². The highest BCUT2D eigenvalue weighted by Crippen LogP contribution is 2.49. The molecule has 0 aliphatic heterocycles. The van der Waals surface area contributed by atoms with E-state index in [0.29, 0.717) is 0 Å². The van der Waals surface area contributed by atoms with Crippen LogP contribution in [0.3, 0.4) is 0 Å². The Balaban J connectivity index is 1.16. The molecule has 10 aromatic carbocycles. The second-order valence-corrected chi connectivity index (χ2v) is 19.7. The number of benzene rings is 10. The molecule has 2 heteroatoms. The third-order valence-electron chi connectivity index (χ3n) is 13.4. The topological polar surface area (TPSA) is 16.4 Å². The Labute approximate surface area is 388 Å². The summed E-state index contributed by atoms with van der Waals surface area (Å²) in [5.41, 5.74) is 17.1. The van der Waals surface area contributed by atoms with Gasteiger partial charge >= 0.3 is 0 Å². The van der Waals surface area contributed by atoms with Crippen LogP contribution in [0.4, 0.5) is 17.1 Å². The van der Waals surface area contributed by atoms with E-state index >= 15 is 0 Å². The Morgan fingerprint density at radius 3 is 1.45 bits per heavy atom. The Morgan fingerprint density at radius 1 is 0.333 bits per heavy atom. The molecule has 0 aliphatic carbocycles. The van der Waals surface area contributed by atoms with Crippen LogP contribution in [0.1, 0.15) is 52.7 Å². The molecule has 0 atom stereocenters. The van der Waals surface area contributed by atoms with E-state index in [2.05, 4.69) is 253 Å². The summed E-state index contributed by atoms with van der Waals surface area (Å²) in [6.45, 7) is 13.9. The average Bonchev–Trinajstić information content (AvgIpc) is 3.73. The molecule has 320 valence electrons. The largest absolute Gasteiger partial charge is 0.456 e. The van der Waals surface area contributed by atoms with Gasteiger partial charge in [0.05, 0.1) is 11.4 Å². The highest BCUT2D eigenvalue weighted by molar-refractivity contribution is 6.14. The van der Waals surface area contributed by atoms with E-state index in [1.165, 1.54) is 60.5 Å². The van der Waals surface area contributed by atoms with Gasteiger partial charge in [-0.05, 0) is 113 Å². The van der Waals surface area contributed by atoms with Crippen molar-refractivity contribution in [2.45, 2.75) is 52.4 Å². The summed E-state index contributed by atoms with van der Waals surface area (Å²) >= 11 is 0. The molecule has 2 nitrogen and oxygen atoms in total. The quantitative estimate of drug-likeness (QED) is 0.159. The van der Waals surface area contributed by atoms with Crippen LogP contribution in [0.5, 0.6) is 0 Å². The summed E-state index contributed by atoms with van der Waals surface area (Å²) in [7, 11) is 0. The predicted molar refractivity (Wildman–Crippen MR) is 283 cm³/mol. The minimum Gasteiger partial charge on any atom is -0.456 e. The van der Waals surface area contributed by atoms with Crippen LogP contribution in [0.2, 0.25) is 0 Å². The molecule has 66 heavy (non-hydrogen) atoms. The molecule has 0 radical (unpaired) electrons. The second-order valence-electron chi connectivity index (χ2n) is 19.7. The molecular weight excluding hydrogens is 799 g/mol. The van der Waals surface area contributed by atoms with Gasteiger partial charge in [0.15, 0.2) is 0 Å². The lowest BCUT2D eigenvalue weighted by molar-refractivity contribution is 0.569. The third kappa shape index (κ3) is 7.24. The lowest BCUT2D eigenvalue weighted by Crippen LogP contribution is -2.16. The average molecular weight is 852 g/mol. The van der Waals surface area contributed by atoms with Crippen molar-refractivity contribution in [1.82, 2.24) is 0 Å². The van der Waals surface area contributed by atoms with E-state index in [-0.39, 0.29) is 10.8 Å². The van der Waals surface area contributed by atoms with Gasteiger partial charge in [-0.2, -0.15) is 0 Å². The summed E-state index contributed by atoms with van der Waals surface area (Å²) < 4.78 is 6.47. The molecule has 1 heterocycles. The summed E-state index contributed by atoms with van der Waals surface area (Å²) in [5.74, 6) is 0. The van der Waals surface area contributed by atoms with Gasteiger partial charge in [0.25, 0.3) is 0 Å². The zero-order valence-corrected chi connectivity index (χ0v) is 38.6. The van der Waals surface area contributed by atoms with E-state index in [9.17, 15) is 0 Å². The van der Waals surface area contributed by atoms with E-state index in [1.54, 1.807) is 0 Å². The Bertz CT molecular complexity index is 3570. The van der Waals surface area contributed by atoms with E-state index in [0.717, 1.165) is 55.7 Å². The van der Waals surface area contributed by atoms with Gasteiger partial charge < -0.3 is 9.32 Å². The number of rotatable bonds is 7. The number of para-hydroxylation sites is 3. The highest BCUT2D eigenvalue weighted by atomic mass is 16.3. The summed E-state index contributed by atoms with van der Waals surface area (Å²) in [6.07, 6.45) is 0. The number of fused-ring (bicyclic) bond motifs is 5. The monoisotopic (exact) mass is 851 g/mol. The van der Waals surface area contributed by atoms with E-state index in [1.807, 2.05) is 6.07 Å². The van der Waals surface area contributed by atoms with Crippen molar-refractivity contribution >= 4 is 60.5 Å². The molecule has 11 aromatic rings. The summed E-state index contributed by atoms with van der Waals surface area (Å²) in [5, 5.41) is 7.16. The smallest absolute Gasteiger partial charge is 0.136 e. The van der Waals surface area contributed by atoms with Crippen LogP contribution in [0.25, 0.3) is 88.0 Å². The van der Waals surface area contributed by atoms with Crippen molar-refractivity contribution < 1.29 is 4.42 Å². The molecule has 0 fully saturated rings. The zero-order valence-electron chi connectivity index (χ0n) is 38.6. The van der Waals surface area contributed by atoms with Crippen molar-refractivity contribution in [3.63, 3.8) is 0 Å². The fraction of sp³-hybridized carbons (Fsp3) is 0.125. The first-order valence-electron chi connectivity index (χ1n) is 23.2. The van der Waals surface area contributed by atoms with Crippen LogP contribution in [-0.2, 0) is 10.8 Å². The number of nitrogens with zero attached hydrogens (tertiary/aromatic N) is 1. The number of anilines is 3. The maximum Gasteiger partial charge on any atom is 0.136 e. The lowest BCUT2D eigenvalue weighted by Gasteiger charge is -2.30. The van der Waals surface area contributed by atoms with Crippen molar-refractivity contribution in [1.29, 1.82) is 0 Å². The Hall–Kier alpha value is -7.68. The normalized spacial score (nSPS) is 12.1. The van der Waals surface area contributed by atoms with Gasteiger partial charge in [0.1, 0.15) is 11.2 Å². The molecule has 0 saturated carbocycles. The minimum absolute atomic E-state index is 0.0137. The number of furan rings is 1. The van der Waals surface area contributed by atoms with Crippen molar-refractivity contribution in [3.05, 3.63) is 223 Å². The molecule has 0 unspecified atom stereocenters. The zero-order chi connectivity index (χ0) is 45.2. The van der Waals surface area contributed by atoms with Crippen molar-refractivity contribution in [2.24, 2.45) is 0 Å². The molecule has 0 bridgehead atoms. The number of hydrogen-bond acceptors (Lipinski definition) is 2. The molecule has 0 N–H and O–H groups in total.